The van der Waals surface area contributed by atoms with Gasteiger partial charge in [0.15, 0.2) is 0 Å². The molecule has 6 nitrogen and oxygen atoms in total. The van der Waals surface area contributed by atoms with Crippen molar-refractivity contribution in [3.05, 3.63) is 71.8 Å². The molecule has 0 aromatic heterocycles. The standard InChI is InChI=1S/C24H25N3O3/c1-5-12-25-14-17-13-18(10-11-21(17)26(15(2)3)16(4)22(25)28)27-23(29)19-8-6-7-9-20(19)24(27)30/h5-11,13,15-16H,1,12,14H2,2-4H3/t16-/m0/s1. The SMILES string of the molecule is C=CCN1Cc2cc(N3C(=O)c4ccccc4C3=O)ccc2N(C(C)C)[C@@H](C)C1=O. The molecule has 30 heavy (non-hydrogen) atoms. The molecule has 0 radical (unpaired) electrons. The quantitative estimate of drug-likeness (QED) is 0.578. The number of hydrogen-bond acceptors (Lipinski definition) is 4. The van der Waals surface area contributed by atoms with Gasteiger partial charge in [0.2, 0.25) is 5.91 Å². The second-order valence-corrected chi connectivity index (χ2v) is 7.99. The summed E-state index contributed by atoms with van der Waals surface area (Å²) in [5, 5.41) is 0. The molecular formula is C24H25N3O3. The van der Waals surface area contributed by atoms with Crippen LogP contribution in [-0.2, 0) is 11.3 Å². The molecule has 0 fully saturated rings. The summed E-state index contributed by atoms with van der Waals surface area (Å²) < 4.78 is 0. The van der Waals surface area contributed by atoms with Crippen LogP contribution >= 0.6 is 0 Å². The van der Waals surface area contributed by atoms with Gasteiger partial charge in [-0.3, -0.25) is 14.4 Å². The van der Waals surface area contributed by atoms with Gasteiger partial charge in [-0.1, -0.05) is 18.2 Å². The highest BCUT2D eigenvalue weighted by Crippen LogP contribution is 2.35. The summed E-state index contributed by atoms with van der Waals surface area (Å²) in [4.78, 5) is 43.9. The molecule has 0 unspecified atom stereocenters. The fourth-order valence-corrected chi connectivity index (χ4v) is 4.42. The average Bonchev–Trinajstić information content (AvgIpc) is 2.92. The third-order valence-electron chi connectivity index (χ3n) is 5.75. The Hall–Kier alpha value is -3.41. The van der Waals surface area contributed by atoms with Crippen molar-refractivity contribution >= 4 is 29.1 Å². The minimum Gasteiger partial charge on any atom is -0.357 e. The van der Waals surface area contributed by atoms with E-state index in [1.54, 1.807) is 41.3 Å². The van der Waals surface area contributed by atoms with Crippen molar-refractivity contribution in [1.29, 1.82) is 0 Å². The number of amides is 3. The number of nitrogens with zero attached hydrogens (tertiary/aromatic N) is 3. The highest BCUT2D eigenvalue weighted by atomic mass is 16.2. The van der Waals surface area contributed by atoms with Crippen LogP contribution < -0.4 is 9.80 Å². The summed E-state index contributed by atoms with van der Waals surface area (Å²) in [6, 6.07) is 12.2. The van der Waals surface area contributed by atoms with Gasteiger partial charge in [-0.05, 0) is 56.7 Å². The van der Waals surface area contributed by atoms with Crippen LogP contribution in [0.1, 0.15) is 47.1 Å². The van der Waals surface area contributed by atoms with Gasteiger partial charge in [-0.15, -0.1) is 6.58 Å². The van der Waals surface area contributed by atoms with Gasteiger partial charge in [0, 0.05) is 24.8 Å². The Morgan fingerprint density at radius 3 is 2.27 bits per heavy atom. The van der Waals surface area contributed by atoms with Crippen LogP contribution in [0.3, 0.4) is 0 Å². The van der Waals surface area contributed by atoms with Crippen LogP contribution in [-0.4, -0.2) is 41.2 Å². The largest absolute Gasteiger partial charge is 0.357 e. The van der Waals surface area contributed by atoms with Crippen molar-refractivity contribution in [3.8, 4) is 0 Å². The zero-order chi connectivity index (χ0) is 21.6. The van der Waals surface area contributed by atoms with Crippen molar-refractivity contribution in [3.63, 3.8) is 0 Å². The van der Waals surface area contributed by atoms with Gasteiger partial charge in [-0.25, -0.2) is 4.90 Å². The number of imide groups is 1. The molecule has 2 aromatic carbocycles. The monoisotopic (exact) mass is 403 g/mol. The van der Waals surface area contributed by atoms with Gasteiger partial charge in [-0.2, -0.15) is 0 Å². The molecular weight excluding hydrogens is 378 g/mol. The lowest BCUT2D eigenvalue weighted by Gasteiger charge is -2.34. The zero-order valence-electron chi connectivity index (χ0n) is 17.5. The maximum absolute atomic E-state index is 13.0. The highest BCUT2D eigenvalue weighted by molar-refractivity contribution is 6.34. The Labute approximate surface area is 176 Å². The van der Waals surface area contributed by atoms with Crippen molar-refractivity contribution in [1.82, 2.24) is 4.90 Å². The Balaban J connectivity index is 1.80. The molecule has 3 amide bonds. The first kappa shape index (κ1) is 19.9. The maximum Gasteiger partial charge on any atom is 0.266 e. The van der Waals surface area contributed by atoms with Gasteiger partial charge in [0.1, 0.15) is 6.04 Å². The topological polar surface area (TPSA) is 60.9 Å². The normalized spacial score (nSPS) is 18.6. The zero-order valence-corrected chi connectivity index (χ0v) is 17.5. The first-order chi connectivity index (χ1) is 14.3. The number of hydrogen-bond donors (Lipinski definition) is 0. The van der Waals surface area contributed by atoms with E-state index in [-0.39, 0.29) is 29.8 Å². The lowest BCUT2D eigenvalue weighted by molar-refractivity contribution is -0.132. The van der Waals surface area contributed by atoms with Crippen LogP contribution in [0, 0.1) is 0 Å². The number of fused-ring (bicyclic) bond motifs is 2. The lowest BCUT2D eigenvalue weighted by atomic mass is 10.1. The number of benzene rings is 2. The Morgan fingerprint density at radius 2 is 1.70 bits per heavy atom. The van der Waals surface area contributed by atoms with Gasteiger partial charge >= 0.3 is 0 Å². The third kappa shape index (κ3) is 3.00. The van der Waals surface area contributed by atoms with Crippen molar-refractivity contribution < 1.29 is 14.4 Å². The summed E-state index contributed by atoms with van der Waals surface area (Å²) in [5.74, 6) is -0.614. The van der Waals surface area contributed by atoms with Gasteiger partial charge < -0.3 is 9.80 Å². The van der Waals surface area contributed by atoms with Crippen molar-refractivity contribution in [2.24, 2.45) is 0 Å². The molecule has 0 bridgehead atoms. The molecule has 2 aromatic rings. The first-order valence-electron chi connectivity index (χ1n) is 10.1. The van der Waals surface area contributed by atoms with E-state index in [1.165, 1.54) is 4.90 Å². The van der Waals surface area contributed by atoms with E-state index in [4.69, 9.17) is 0 Å². The fraction of sp³-hybridized carbons (Fsp3) is 0.292. The fourth-order valence-electron chi connectivity index (χ4n) is 4.42. The smallest absolute Gasteiger partial charge is 0.266 e. The van der Waals surface area contributed by atoms with Gasteiger partial charge in [0.05, 0.1) is 16.8 Å². The van der Waals surface area contributed by atoms with E-state index in [1.807, 2.05) is 19.1 Å². The van der Waals surface area contributed by atoms with E-state index in [0.717, 1.165) is 11.3 Å². The Morgan fingerprint density at radius 1 is 1.07 bits per heavy atom. The number of anilines is 2. The second-order valence-electron chi connectivity index (χ2n) is 7.99. The maximum atomic E-state index is 13.0. The molecule has 0 aliphatic carbocycles. The average molecular weight is 403 g/mol. The molecule has 2 aliphatic rings. The minimum atomic E-state index is -0.323. The van der Waals surface area contributed by atoms with Gasteiger partial charge in [0.25, 0.3) is 11.8 Å². The summed E-state index contributed by atoms with van der Waals surface area (Å²) in [6.07, 6.45) is 1.71. The molecule has 2 aliphatic heterocycles. The summed E-state index contributed by atoms with van der Waals surface area (Å²) in [7, 11) is 0. The van der Waals surface area contributed by atoms with E-state index >= 15 is 0 Å². The molecule has 4 rings (SSSR count). The van der Waals surface area contributed by atoms with E-state index in [2.05, 4.69) is 25.3 Å². The Bertz CT molecular complexity index is 1020. The van der Waals surface area contributed by atoms with Crippen LogP contribution in [0.25, 0.3) is 0 Å². The Kier molecular flexibility index (Phi) is 4.94. The van der Waals surface area contributed by atoms with Crippen LogP contribution in [0.5, 0.6) is 0 Å². The number of rotatable bonds is 4. The van der Waals surface area contributed by atoms with Crippen LogP contribution in [0.15, 0.2) is 55.1 Å². The molecule has 1 atom stereocenters. The summed E-state index contributed by atoms with van der Waals surface area (Å²) in [5.41, 5.74) is 3.19. The second kappa shape index (κ2) is 7.44. The molecule has 0 saturated heterocycles. The predicted molar refractivity (Wildman–Crippen MR) is 117 cm³/mol. The molecule has 2 heterocycles. The molecule has 0 spiro atoms. The summed E-state index contributed by atoms with van der Waals surface area (Å²) in [6.45, 7) is 10.6. The van der Waals surface area contributed by atoms with E-state index in [0.29, 0.717) is 29.9 Å². The number of carbonyl (C=O) groups excluding carboxylic acids is 3. The predicted octanol–water partition coefficient (Wildman–Crippen LogP) is 3.62. The summed E-state index contributed by atoms with van der Waals surface area (Å²) >= 11 is 0. The van der Waals surface area contributed by atoms with Crippen molar-refractivity contribution in [2.75, 3.05) is 16.3 Å². The first-order valence-corrected chi connectivity index (χ1v) is 10.1. The minimum absolute atomic E-state index is 0.0297. The van der Waals surface area contributed by atoms with E-state index in [9.17, 15) is 14.4 Å². The molecule has 0 saturated carbocycles. The van der Waals surface area contributed by atoms with Crippen molar-refractivity contribution in [2.45, 2.75) is 39.4 Å². The lowest BCUT2D eigenvalue weighted by Crippen LogP contribution is -2.47. The number of carbonyl (C=O) groups is 3. The molecule has 154 valence electrons. The molecule has 0 N–H and O–H groups in total. The van der Waals surface area contributed by atoms with E-state index < -0.39 is 0 Å². The molecule has 6 heteroatoms. The van der Waals surface area contributed by atoms with Crippen LogP contribution in [0.4, 0.5) is 11.4 Å². The highest BCUT2D eigenvalue weighted by Gasteiger charge is 2.38. The van der Waals surface area contributed by atoms with Crippen LogP contribution in [0.2, 0.25) is 0 Å². The third-order valence-corrected chi connectivity index (χ3v) is 5.75.